The quantitative estimate of drug-likeness (QED) is 0.816. The van der Waals surface area contributed by atoms with Crippen LogP contribution in [0.25, 0.3) is 0 Å². The molecule has 2 N–H and O–H groups in total. The van der Waals surface area contributed by atoms with Gasteiger partial charge < -0.3 is 15.3 Å². The van der Waals surface area contributed by atoms with E-state index in [2.05, 4.69) is 5.32 Å². The number of carboxylic acid groups (broad SMARTS) is 1. The highest BCUT2D eigenvalue weighted by Gasteiger charge is 2.31. The van der Waals surface area contributed by atoms with Crippen molar-refractivity contribution < 1.29 is 19.5 Å². The average Bonchev–Trinajstić information content (AvgIpc) is 2.74. The third-order valence-electron chi connectivity index (χ3n) is 5.66. The van der Waals surface area contributed by atoms with Gasteiger partial charge in [0.25, 0.3) is 5.91 Å². The Morgan fingerprint density at radius 3 is 2.28 bits per heavy atom. The van der Waals surface area contributed by atoms with Gasteiger partial charge in [0.1, 0.15) is 0 Å². The zero-order valence-electron chi connectivity index (χ0n) is 16.7. The van der Waals surface area contributed by atoms with Gasteiger partial charge >= 0.3 is 5.97 Å². The van der Waals surface area contributed by atoms with E-state index in [0.29, 0.717) is 37.1 Å². The maximum Gasteiger partial charge on any atom is 0.330 e. The zero-order valence-corrected chi connectivity index (χ0v) is 16.7. The standard InChI is InChI=1S/C23H26N2O4/c1-15-7-6-10-19(16(15)2)20(23(28)29)24-21(26)17-11-13-25(14-12-17)22(27)18-8-4-3-5-9-18/h3-10,17,20H,11-14H2,1-2H3,(H,24,26)(H,28,29). The van der Waals surface area contributed by atoms with Gasteiger partial charge in [0.2, 0.25) is 5.91 Å². The van der Waals surface area contributed by atoms with Crippen molar-refractivity contribution in [2.75, 3.05) is 13.1 Å². The first-order valence-electron chi connectivity index (χ1n) is 9.82. The summed E-state index contributed by atoms with van der Waals surface area (Å²) in [6.07, 6.45) is 1.03. The Kier molecular flexibility index (Phi) is 6.32. The first kappa shape index (κ1) is 20.6. The lowest BCUT2D eigenvalue weighted by atomic mass is 9.93. The Morgan fingerprint density at radius 2 is 1.66 bits per heavy atom. The Balaban J connectivity index is 1.63. The summed E-state index contributed by atoms with van der Waals surface area (Å²) in [6.45, 7) is 4.74. The molecule has 1 unspecified atom stereocenters. The first-order chi connectivity index (χ1) is 13.9. The summed E-state index contributed by atoms with van der Waals surface area (Å²) >= 11 is 0. The monoisotopic (exact) mass is 394 g/mol. The number of aryl methyl sites for hydroxylation is 1. The van der Waals surface area contributed by atoms with Crippen molar-refractivity contribution in [3.63, 3.8) is 0 Å². The van der Waals surface area contributed by atoms with Crippen molar-refractivity contribution in [1.29, 1.82) is 0 Å². The fourth-order valence-corrected chi connectivity index (χ4v) is 3.73. The Bertz CT molecular complexity index is 902. The highest BCUT2D eigenvalue weighted by Crippen LogP contribution is 2.24. The predicted octanol–water partition coefficient (Wildman–Crippen LogP) is 3.10. The number of amides is 2. The molecule has 0 radical (unpaired) electrons. The smallest absolute Gasteiger partial charge is 0.330 e. The molecule has 2 amide bonds. The van der Waals surface area contributed by atoms with Crippen molar-refractivity contribution in [1.82, 2.24) is 10.2 Å². The molecule has 0 bridgehead atoms. The summed E-state index contributed by atoms with van der Waals surface area (Å²) in [7, 11) is 0. The van der Waals surface area contributed by atoms with Gasteiger partial charge in [-0.3, -0.25) is 9.59 Å². The number of benzene rings is 2. The number of piperidine rings is 1. The number of rotatable bonds is 5. The van der Waals surface area contributed by atoms with Crippen LogP contribution in [0.3, 0.4) is 0 Å². The molecule has 1 fully saturated rings. The first-order valence-corrected chi connectivity index (χ1v) is 9.82. The number of nitrogens with one attached hydrogen (secondary N) is 1. The van der Waals surface area contributed by atoms with E-state index in [4.69, 9.17) is 0 Å². The third kappa shape index (κ3) is 4.65. The number of hydrogen-bond donors (Lipinski definition) is 2. The molecule has 2 aromatic carbocycles. The molecule has 1 atom stereocenters. The third-order valence-corrected chi connectivity index (χ3v) is 5.66. The minimum absolute atomic E-state index is 0.0387. The summed E-state index contributed by atoms with van der Waals surface area (Å²) in [4.78, 5) is 38.9. The zero-order chi connectivity index (χ0) is 21.0. The van der Waals surface area contributed by atoms with Gasteiger partial charge in [0.15, 0.2) is 6.04 Å². The van der Waals surface area contributed by atoms with Crippen LogP contribution < -0.4 is 5.32 Å². The summed E-state index contributed by atoms with van der Waals surface area (Å²) in [5.74, 6) is -1.70. The molecule has 1 aliphatic rings. The minimum atomic E-state index is -1.08. The highest BCUT2D eigenvalue weighted by molar-refractivity contribution is 5.94. The van der Waals surface area contributed by atoms with E-state index in [-0.39, 0.29) is 17.7 Å². The van der Waals surface area contributed by atoms with Gasteiger partial charge in [-0.05, 0) is 55.5 Å². The molecule has 3 rings (SSSR count). The van der Waals surface area contributed by atoms with E-state index < -0.39 is 12.0 Å². The van der Waals surface area contributed by atoms with E-state index in [1.165, 1.54) is 0 Å². The molecule has 29 heavy (non-hydrogen) atoms. The summed E-state index contributed by atoms with van der Waals surface area (Å²) in [5, 5.41) is 12.4. The van der Waals surface area contributed by atoms with E-state index in [1.54, 1.807) is 29.2 Å². The van der Waals surface area contributed by atoms with Gasteiger partial charge in [0, 0.05) is 24.6 Å². The molecule has 6 heteroatoms. The van der Waals surface area contributed by atoms with Gasteiger partial charge in [0.05, 0.1) is 0 Å². The Hall–Kier alpha value is -3.15. The fraction of sp³-hybridized carbons (Fsp3) is 0.348. The van der Waals surface area contributed by atoms with Gasteiger partial charge in [-0.1, -0.05) is 36.4 Å². The number of aliphatic carboxylic acids is 1. The van der Waals surface area contributed by atoms with Crippen molar-refractivity contribution in [3.05, 3.63) is 70.8 Å². The van der Waals surface area contributed by atoms with E-state index in [0.717, 1.165) is 11.1 Å². The Morgan fingerprint density at radius 1 is 1.00 bits per heavy atom. The number of carbonyl (C=O) groups excluding carboxylic acids is 2. The predicted molar refractivity (Wildman–Crippen MR) is 110 cm³/mol. The number of likely N-dealkylation sites (tertiary alicyclic amines) is 1. The van der Waals surface area contributed by atoms with Gasteiger partial charge in [-0.15, -0.1) is 0 Å². The molecule has 0 aromatic heterocycles. The number of hydrogen-bond acceptors (Lipinski definition) is 3. The number of carboxylic acids is 1. The summed E-state index contributed by atoms with van der Waals surface area (Å²) in [6, 6.07) is 13.5. The average molecular weight is 394 g/mol. The molecule has 0 spiro atoms. The SMILES string of the molecule is Cc1cccc(C(NC(=O)C2CCN(C(=O)c3ccccc3)CC2)C(=O)O)c1C. The van der Waals surface area contributed by atoms with Crippen molar-refractivity contribution in [2.24, 2.45) is 5.92 Å². The molecular formula is C23H26N2O4. The van der Waals surface area contributed by atoms with Gasteiger partial charge in [-0.25, -0.2) is 4.79 Å². The molecule has 1 saturated heterocycles. The van der Waals surface area contributed by atoms with Crippen molar-refractivity contribution >= 4 is 17.8 Å². The van der Waals surface area contributed by atoms with Crippen LogP contribution in [0.15, 0.2) is 48.5 Å². The highest BCUT2D eigenvalue weighted by atomic mass is 16.4. The van der Waals surface area contributed by atoms with Crippen LogP contribution >= 0.6 is 0 Å². The van der Waals surface area contributed by atoms with Crippen LogP contribution in [-0.2, 0) is 9.59 Å². The molecular weight excluding hydrogens is 368 g/mol. The molecule has 6 nitrogen and oxygen atoms in total. The second-order valence-electron chi connectivity index (χ2n) is 7.50. The molecule has 0 aliphatic carbocycles. The topological polar surface area (TPSA) is 86.7 Å². The second-order valence-corrected chi connectivity index (χ2v) is 7.50. The van der Waals surface area contributed by atoms with Crippen LogP contribution in [0.4, 0.5) is 0 Å². The number of carbonyl (C=O) groups is 3. The van der Waals surface area contributed by atoms with E-state index >= 15 is 0 Å². The molecule has 0 saturated carbocycles. The number of nitrogens with zero attached hydrogens (tertiary/aromatic N) is 1. The van der Waals surface area contributed by atoms with Crippen LogP contribution in [0.1, 0.15) is 45.9 Å². The second kappa shape index (κ2) is 8.90. The molecule has 1 heterocycles. The lowest BCUT2D eigenvalue weighted by Crippen LogP contribution is -2.44. The summed E-state index contributed by atoms with van der Waals surface area (Å²) in [5.41, 5.74) is 3.08. The lowest BCUT2D eigenvalue weighted by Gasteiger charge is -2.32. The van der Waals surface area contributed by atoms with Crippen molar-refractivity contribution in [3.8, 4) is 0 Å². The van der Waals surface area contributed by atoms with E-state index in [9.17, 15) is 19.5 Å². The van der Waals surface area contributed by atoms with Crippen LogP contribution in [-0.4, -0.2) is 40.9 Å². The van der Waals surface area contributed by atoms with Gasteiger partial charge in [-0.2, -0.15) is 0 Å². The Labute approximate surface area is 170 Å². The fourth-order valence-electron chi connectivity index (χ4n) is 3.73. The van der Waals surface area contributed by atoms with Crippen molar-refractivity contribution in [2.45, 2.75) is 32.7 Å². The lowest BCUT2D eigenvalue weighted by molar-refractivity contribution is -0.143. The normalized spacial score (nSPS) is 15.6. The van der Waals surface area contributed by atoms with Crippen LogP contribution in [0, 0.1) is 19.8 Å². The maximum atomic E-state index is 12.8. The van der Waals surface area contributed by atoms with E-state index in [1.807, 2.05) is 38.1 Å². The molecule has 2 aromatic rings. The van der Waals surface area contributed by atoms with Crippen LogP contribution in [0.5, 0.6) is 0 Å². The van der Waals surface area contributed by atoms with Crippen LogP contribution in [0.2, 0.25) is 0 Å². The molecule has 1 aliphatic heterocycles. The summed E-state index contributed by atoms with van der Waals surface area (Å²) < 4.78 is 0. The minimum Gasteiger partial charge on any atom is -0.479 e. The largest absolute Gasteiger partial charge is 0.479 e. The molecule has 152 valence electrons. The maximum absolute atomic E-state index is 12.8.